The number of fused-ring (bicyclic) bond motifs is 25. The molecule has 4 aliphatic heterocycles. The Morgan fingerprint density at radius 3 is 1.01 bits per heavy atom. The van der Waals surface area contributed by atoms with Gasteiger partial charge in [0.15, 0.2) is 0 Å². The summed E-state index contributed by atoms with van der Waals surface area (Å²) in [5.74, 6) is 0. The number of aromatic nitrogens is 2. The molecule has 22 rings (SSSR count). The van der Waals surface area contributed by atoms with Gasteiger partial charge in [0.2, 0.25) is 0 Å². The molecule has 0 atom stereocenters. The van der Waals surface area contributed by atoms with E-state index in [1.54, 1.807) is 0 Å². The van der Waals surface area contributed by atoms with E-state index in [1.807, 2.05) is 45.3 Å². The molecule has 0 aliphatic carbocycles. The molecule has 0 amide bonds. The summed E-state index contributed by atoms with van der Waals surface area (Å²) in [6.45, 7) is -0.241. The van der Waals surface area contributed by atoms with Crippen molar-refractivity contribution in [2.45, 2.75) is 0 Å². The van der Waals surface area contributed by atoms with E-state index >= 15 is 0 Å². The highest BCUT2D eigenvalue weighted by Crippen LogP contribution is 2.53. The van der Waals surface area contributed by atoms with Crippen LogP contribution in [0.1, 0.15) is 0 Å². The first-order chi connectivity index (χ1) is 41.7. The number of thiophene rings is 4. The zero-order chi connectivity index (χ0) is 53.9. The Morgan fingerprint density at radius 2 is 0.583 bits per heavy atom. The molecule has 0 unspecified atom stereocenters. The fourth-order valence-electron chi connectivity index (χ4n) is 16.2. The van der Waals surface area contributed by atoms with E-state index in [1.165, 1.54) is 192 Å². The summed E-state index contributed by atoms with van der Waals surface area (Å²) in [7, 11) is 0. The summed E-state index contributed by atoms with van der Waals surface area (Å²) < 4.78 is 16.2. The van der Waals surface area contributed by atoms with Crippen LogP contribution >= 0.6 is 45.3 Å². The first-order valence-corrected chi connectivity index (χ1v) is 32.1. The van der Waals surface area contributed by atoms with Crippen molar-refractivity contribution in [1.82, 2.24) is 8.96 Å². The third kappa shape index (κ3) is 5.31. The second kappa shape index (κ2) is 15.4. The second-order valence-corrected chi connectivity index (χ2v) is 27.7. The van der Waals surface area contributed by atoms with Crippen LogP contribution in [0.2, 0.25) is 0 Å². The van der Waals surface area contributed by atoms with Crippen molar-refractivity contribution in [2.24, 2.45) is 0 Å². The lowest BCUT2D eigenvalue weighted by Crippen LogP contribution is -2.56. The number of rotatable bonds is 2. The van der Waals surface area contributed by atoms with Gasteiger partial charge in [-0.15, -0.1) is 45.3 Å². The quantitative estimate of drug-likeness (QED) is 0.160. The molecular weight excluding hydrogens is 1090 g/mol. The molecule has 0 N–H and O–H groups in total. The lowest BCUT2D eigenvalue weighted by atomic mass is 9.45. The van der Waals surface area contributed by atoms with Gasteiger partial charge in [0.25, 0.3) is 0 Å². The second-order valence-electron chi connectivity index (χ2n) is 23.4. The number of para-hydroxylation sites is 2. The molecule has 18 aromatic rings. The van der Waals surface area contributed by atoms with Gasteiger partial charge in [0.1, 0.15) is 0 Å². The molecule has 10 heteroatoms. The number of nitrogens with zero attached hydrogens (tertiary/aromatic N) is 4. The molecule has 384 valence electrons. The lowest BCUT2D eigenvalue weighted by molar-refractivity contribution is 1.26. The number of benzene rings is 12. The average molecular weight is 1130 g/mol. The summed E-state index contributed by atoms with van der Waals surface area (Å²) in [5, 5.41) is 13.1. The maximum atomic E-state index is 2.82. The Balaban J connectivity index is 0.852. The third-order valence-corrected chi connectivity index (χ3v) is 24.0. The highest BCUT2D eigenvalue weighted by Gasteiger charge is 2.48. The van der Waals surface area contributed by atoms with Crippen LogP contribution < -0.4 is 31.7 Å². The fraction of sp³-hybridized carbons (Fsp3) is 0. The highest BCUT2D eigenvalue weighted by molar-refractivity contribution is 7.27. The van der Waals surface area contributed by atoms with Crippen LogP contribution in [0.15, 0.2) is 231 Å². The molecule has 0 fully saturated rings. The van der Waals surface area contributed by atoms with Gasteiger partial charge < -0.3 is 18.8 Å². The van der Waals surface area contributed by atoms with Gasteiger partial charge in [-0.05, 0) is 106 Å². The molecule has 0 saturated heterocycles. The molecular formula is C74H38B2N4S4. The van der Waals surface area contributed by atoms with E-state index in [-0.39, 0.29) is 13.7 Å². The predicted molar refractivity (Wildman–Crippen MR) is 368 cm³/mol. The van der Waals surface area contributed by atoms with E-state index in [9.17, 15) is 0 Å². The molecule has 6 aromatic heterocycles. The molecule has 0 spiro atoms. The first-order valence-electron chi connectivity index (χ1n) is 28.9. The zero-order valence-corrected chi connectivity index (χ0v) is 47.8. The summed E-state index contributed by atoms with van der Waals surface area (Å²) in [4.78, 5) is 5.21. The molecule has 10 heterocycles. The van der Waals surface area contributed by atoms with Crippen molar-refractivity contribution in [1.29, 1.82) is 0 Å². The molecule has 4 nitrogen and oxygen atoms in total. The molecule has 0 radical (unpaired) electrons. The molecule has 12 aromatic carbocycles. The smallest absolute Gasteiger partial charge is 0.333 e. The van der Waals surface area contributed by atoms with Crippen LogP contribution in [0.25, 0.3) is 136 Å². The Kier molecular flexibility index (Phi) is 8.11. The molecule has 84 heavy (non-hydrogen) atoms. The van der Waals surface area contributed by atoms with Crippen LogP contribution in [-0.4, -0.2) is 22.7 Å². The highest BCUT2D eigenvalue weighted by atomic mass is 32.1. The average Bonchev–Trinajstić information content (AvgIpc) is 1.64. The van der Waals surface area contributed by atoms with Gasteiger partial charge in [0, 0.05) is 148 Å². The minimum absolute atomic E-state index is 0.121. The molecule has 0 bridgehead atoms. The monoisotopic (exact) mass is 1130 g/mol. The van der Waals surface area contributed by atoms with Gasteiger partial charge in [-0.1, -0.05) is 158 Å². The van der Waals surface area contributed by atoms with Crippen molar-refractivity contribution in [3.05, 3.63) is 231 Å². The minimum atomic E-state index is -0.121. The summed E-state index contributed by atoms with van der Waals surface area (Å²) >= 11 is 7.61. The van der Waals surface area contributed by atoms with Gasteiger partial charge in [-0.3, -0.25) is 0 Å². The third-order valence-electron chi connectivity index (χ3n) is 19.4. The van der Waals surface area contributed by atoms with E-state index in [0.29, 0.717) is 0 Å². The largest absolute Gasteiger partial charge is 0.374 e. The van der Waals surface area contributed by atoms with Crippen molar-refractivity contribution in [2.75, 3.05) is 9.80 Å². The van der Waals surface area contributed by atoms with E-state index in [2.05, 4.69) is 249 Å². The Hall–Kier alpha value is -9.41. The summed E-state index contributed by atoms with van der Waals surface area (Å²) in [6.07, 6.45) is 0. The topological polar surface area (TPSA) is 16.3 Å². The van der Waals surface area contributed by atoms with Crippen molar-refractivity contribution < 1.29 is 0 Å². The molecule has 0 saturated carbocycles. The zero-order valence-electron chi connectivity index (χ0n) is 44.5. The van der Waals surface area contributed by atoms with Gasteiger partial charge in [-0.2, -0.15) is 0 Å². The SMILES string of the molecule is c1cc2c3c(c1)N(c1ccc4c(c1)sc1ccccc14)c1cc4sc5ccccc5c4cc1B3n1c3c-2cccc3c2c1c1cccc3c1n2B1c2cc4c(cc2N(c2ccc5c(c2)sc2ccccc25)c2cccc-3c21)sc1ccccc14. The first kappa shape index (κ1) is 44.2. The van der Waals surface area contributed by atoms with E-state index < -0.39 is 0 Å². The normalized spacial score (nSPS) is 13.9. The van der Waals surface area contributed by atoms with Gasteiger partial charge in [0.05, 0.1) is 11.0 Å². The Morgan fingerprint density at radius 1 is 0.238 bits per heavy atom. The number of hydrogen-bond acceptors (Lipinski definition) is 6. The maximum Gasteiger partial charge on any atom is 0.333 e. The van der Waals surface area contributed by atoms with Crippen molar-refractivity contribution in [3.8, 4) is 22.3 Å². The molecule has 4 aliphatic rings. The van der Waals surface area contributed by atoms with E-state index in [0.717, 1.165) is 0 Å². The van der Waals surface area contributed by atoms with Gasteiger partial charge in [-0.25, -0.2) is 0 Å². The number of anilines is 6. The van der Waals surface area contributed by atoms with E-state index in [4.69, 9.17) is 0 Å². The summed E-state index contributed by atoms with van der Waals surface area (Å²) in [6, 6.07) is 89.0. The van der Waals surface area contributed by atoms with Gasteiger partial charge >= 0.3 is 13.7 Å². The van der Waals surface area contributed by atoms with Crippen molar-refractivity contribution in [3.63, 3.8) is 0 Å². The Bertz CT molecular complexity index is 5760. The Labute approximate surface area is 496 Å². The maximum absolute atomic E-state index is 2.82. The van der Waals surface area contributed by atoms with Crippen molar-refractivity contribution >= 4 is 229 Å². The summed E-state index contributed by atoms with van der Waals surface area (Å²) in [5.41, 5.74) is 23.1. The fourth-order valence-corrected chi connectivity index (χ4v) is 20.7. The predicted octanol–water partition coefficient (Wildman–Crippen LogP) is 19.1. The van der Waals surface area contributed by atoms with Crippen LogP contribution in [0, 0.1) is 0 Å². The number of hydrogen-bond donors (Lipinski definition) is 0. The van der Waals surface area contributed by atoms with Crippen LogP contribution in [-0.2, 0) is 0 Å². The van der Waals surface area contributed by atoms with Crippen LogP contribution in [0.4, 0.5) is 34.1 Å². The minimum Gasteiger partial charge on any atom is -0.374 e. The van der Waals surface area contributed by atoms with Crippen LogP contribution in [0.3, 0.4) is 0 Å². The lowest BCUT2D eigenvalue weighted by Gasteiger charge is -2.40. The van der Waals surface area contributed by atoms with Crippen LogP contribution in [0.5, 0.6) is 0 Å². The standard InChI is InChI=1S/C74H38B2N4S4/c1-5-25-61-41(13-1)45-31-29-39(33-65(45)81-61)77-57-23-11-17-47-49-19-9-21-51-71(49)79(75(69(47)57)55-35-53-43-15-3-7-27-63(43)83-67(53)37-59(55)77)73-52-22-10-20-50-48-18-12-24-58-70(48)76(80(72(50)52)74(51)73)56-36-54-44-16-4-8-28-64(44)84-68(54)38-60(56)78(58)40-30-32-46-42-14-2-6-26-62(42)82-66(46)34-40/h1-38H.